The minimum absolute atomic E-state index is 0.0686. The Bertz CT molecular complexity index is 1480. The number of imidazole rings is 2. The van der Waals surface area contributed by atoms with Gasteiger partial charge in [0.1, 0.15) is 13.1 Å². The van der Waals surface area contributed by atoms with Crippen LogP contribution in [-0.2, 0) is 22.7 Å². The summed E-state index contributed by atoms with van der Waals surface area (Å²) in [6.07, 6.45) is 2.74. The molecule has 7 N–H and O–H groups in total. The summed E-state index contributed by atoms with van der Waals surface area (Å²) >= 11 is 0. The first-order valence-electron chi connectivity index (χ1n) is 11.5. The van der Waals surface area contributed by atoms with Crippen LogP contribution in [0.15, 0.2) is 22.2 Å². The number of nitrogens with two attached hydrogens (primary N) is 2. The standard InChI is InChI=1S/C20H25N13O4/c21-19-26-15-13(17(36)28-19)24-9-32(15)7-11(34)30-3-1-23-2-4-31(6-5-30)12(35)8-33-10-25-14-16(33)27-20(22)29-18(14)37/h9-10,23H,1-8H2,(H3,21,26,28,36)(H3,22,27,29,37). The fraction of sp³-hybridized carbons (Fsp3) is 0.400. The van der Waals surface area contributed by atoms with Gasteiger partial charge in [-0.05, 0) is 0 Å². The van der Waals surface area contributed by atoms with Gasteiger partial charge in [-0.25, -0.2) is 9.97 Å². The van der Waals surface area contributed by atoms with Gasteiger partial charge in [0.15, 0.2) is 22.3 Å². The van der Waals surface area contributed by atoms with Gasteiger partial charge in [-0.1, -0.05) is 0 Å². The number of nitrogens with zero attached hydrogens (tertiary/aromatic N) is 8. The second-order valence-corrected chi connectivity index (χ2v) is 8.50. The second kappa shape index (κ2) is 9.69. The first kappa shape index (κ1) is 23.9. The van der Waals surface area contributed by atoms with Gasteiger partial charge in [0, 0.05) is 39.3 Å². The Morgan fingerprint density at radius 3 is 1.62 bits per heavy atom. The minimum atomic E-state index is -0.483. The summed E-state index contributed by atoms with van der Waals surface area (Å²) in [7, 11) is 0. The van der Waals surface area contributed by atoms with Crippen molar-refractivity contribution in [1.82, 2.24) is 54.2 Å². The third-order valence-corrected chi connectivity index (χ3v) is 6.06. The first-order valence-corrected chi connectivity index (χ1v) is 11.5. The number of nitrogens with one attached hydrogen (secondary N) is 3. The maximum absolute atomic E-state index is 13.1. The topological polar surface area (TPSA) is 232 Å². The molecule has 0 atom stereocenters. The van der Waals surface area contributed by atoms with Crippen LogP contribution in [0.1, 0.15) is 0 Å². The second-order valence-electron chi connectivity index (χ2n) is 8.50. The van der Waals surface area contributed by atoms with E-state index in [0.717, 1.165) is 0 Å². The molecule has 5 heterocycles. The van der Waals surface area contributed by atoms with Crippen molar-refractivity contribution in [1.29, 1.82) is 0 Å². The van der Waals surface area contributed by atoms with Gasteiger partial charge in [-0.3, -0.25) is 29.1 Å². The van der Waals surface area contributed by atoms with E-state index in [4.69, 9.17) is 11.5 Å². The van der Waals surface area contributed by atoms with Crippen molar-refractivity contribution in [3.05, 3.63) is 33.4 Å². The predicted molar refractivity (Wildman–Crippen MR) is 131 cm³/mol. The van der Waals surface area contributed by atoms with E-state index < -0.39 is 11.1 Å². The van der Waals surface area contributed by atoms with Crippen LogP contribution in [0, 0.1) is 0 Å². The molecule has 0 unspecified atom stereocenters. The monoisotopic (exact) mass is 511 g/mol. The van der Waals surface area contributed by atoms with Crippen molar-refractivity contribution in [2.75, 3.05) is 50.7 Å². The number of aromatic nitrogens is 8. The van der Waals surface area contributed by atoms with Crippen molar-refractivity contribution in [3.63, 3.8) is 0 Å². The largest absolute Gasteiger partial charge is 0.369 e. The SMILES string of the molecule is Nc1nc2c(ncn2CC(=O)N2CCNCCN(C(=O)Cn3cnc4c(=O)[nH]c(N)nc43)CC2)c(=O)[nH]1. The van der Waals surface area contributed by atoms with Crippen LogP contribution < -0.4 is 27.9 Å². The van der Waals surface area contributed by atoms with Crippen LogP contribution in [0.5, 0.6) is 0 Å². The molecule has 0 aliphatic carbocycles. The fourth-order valence-corrected chi connectivity index (χ4v) is 4.18. The third-order valence-electron chi connectivity index (χ3n) is 6.06. The Labute approximate surface area is 207 Å². The summed E-state index contributed by atoms with van der Waals surface area (Å²) < 4.78 is 2.94. The lowest BCUT2D eigenvalue weighted by atomic mass is 10.3. The summed E-state index contributed by atoms with van der Waals surface area (Å²) in [5.41, 5.74) is 10.9. The maximum atomic E-state index is 13.1. The highest BCUT2D eigenvalue weighted by atomic mass is 16.2. The molecule has 0 bridgehead atoms. The Balaban J connectivity index is 1.28. The van der Waals surface area contributed by atoms with Crippen LogP contribution >= 0.6 is 0 Å². The highest BCUT2D eigenvalue weighted by molar-refractivity contribution is 5.80. The summed E-state index contributed by atoms with van der Waals surface area (Å²) in [6, 6.07) is 0. The zero-order chi connectivity index (χ0) is 26.1. The van der Waals surface area contributed by atoms with Crippen molar-refractivity contribution in [2.24, 2.45) is 0 Å². The molecule has 0 saturated carbocycles. The summed E-state index contributed by atoms with van der Waals surface area (Å²) in [5.74, 6) is -0.590. The zero-order valence-corrected chi connectivity index (χ0v) is 19.7. The number of aromatic amines is 2. The van der Waals surface area contributed by atoms with E-state index in [0.29, 0.717) is 39.3 Å². The van der Waals surface area contributed by atoms with Gasteiger partial charge < -0.3 is 35.7 Å². The van der Waals surface area contributed by atoms with Crippen molar-refractivity contribution < 1.29 is 9.59 Å². The maximum Gasteiger partial charge on any atom is 0.280 e. The van der Waals surface area contributed by atoms with E-state index in [1.807, 2.05) is 0 Å². The van der Waals surface area contributed by atoms with Crippen molar-refractivity contribution in [2.45, 2.75) is 13.1 Å². The average molecular weight is 512 g/mol. The van der Waals surface area contributed by atoms with Crippen LogP contribution in [0.4, 0.5) is 11.9 Å². The number of amides is 2. The third kappa shape index (κ3) is 4.83. The first-order chi connectivity index (χ1) is 17.8. The molecular weight excluding hydrogens is 486 g/mol. The Morgan fingerprint density at radius 2 is 1.19 bits per heavy atom. The van der Waals surface area contributed by atoms with E-state index in [1.165, 1.54) is 21.8 Å². The Kier molecular flexibility index (Phi) is 6.26. The molecule has 1 aliphatic heterocycles. The molecule has 0 aromatic carbocycles. The van der Waals surface area contributed by atoms with Crippen LogP contribution in [0.25, 0.3) is 22.3 Å². The van der Waals surface area contributed by atoms with E-state index in [2.05, 4.69) is 35.2 Å². The number of carbonyl (C=O) groups excluding carboxylic acids is 2. The number of carbonyl (C=O) groups is 2. The molecule has 4 aromatic rings. The molecule has 1 aliphatic rings. The van der Waals surface area contributed by atoms with Gasteiger partial charge in [-0.2, -0.15) is 9.97 Å². The lowest BCUT2D eigenvalue weighted by Gasteiger charge is -2.26. The van der Waals surface area contributed by atoms with E-state index in [9.17, 15) is 19.2 Å². The normalized spacial score (nSPS) is 15.0. The number of fused-ring (bicyclic) bond motifs is 2. The molecule has 17 nitrogen and oxygen atoms in total. The number of hydrogen-bond acceptors (Lipinski definition) is 11. The van der Waals surface area contributed by atoms with Crippen LogP contribution in [0.3, 0.4) is 0 Å². The van der Waals surface area contributed by atoms with Gasteiger partial charge >= 0.3 is 0 Å². The molecule has 194 valence electrons. The smallest absolute Gasteiger partial charge is 0.280 e. The van der Waals surface area contributed by atoms with Gasteiger partial charge in [0.25, 0.3) is 11.1 Å². The highest BCUT2D eigenvalue weighted by Crippen LogP contribution is 2.09. The number of anilines is 2. The van der Waals surface area contributed by atoms with Crippen LogP contribution in [0.2, 0.25) is 0 Å². The number of hydrogen-bond donors (Lipinski definition) is 5. The minimum Gasteiger partial charge on any atom is -0.369 e. The fourth-order valence-electron chi connectivity index (χ4n) is 4.18. The summed E-state index contributed by atoms with van der Waals surface area (Å²) in [6.45, 7) is 2.35. The number of nitrogen functional groups attached to an aromatic ring is 2. The molecule has 4 aromatic heterocycles. The predicted octanol–water partition coefficient (Wildman–Crippen LogP) is -3.32. The molecule has 1 fully saturated rings. The molecule has 37 heavy (non-hydrogen) atoms. The molecule has 0 radical (unpaired) electrons. The molecular formula is C20H25N13O4. The van der Waals surface area contributed by atoms with E-state index in [-0.39, 0.29) is 59.1 Å². The molecule has 1 saturated heterocycles. The number of H-pyrrole nitrogens is 2. The summed E-state index contributed by atoms with van der Waals surface area (Å²) in [5, 5.41) is 3.23. The highest BCUT2D eigenvalue weighted by Gasteiger charge is 2.22. The van der Waals surface area contributed by atoms with Crippen molar-refractivity contribution >= 4 is 46.0 Å². The molecule has 17 heteroatoms. The lowest BCUT2D eigenvalue weighted by Crippen LogP contribution is -2.43. The quantitative estimate of drug-likeness (QED) is 0.182. The lowest BCUT2D eigenvalue weighted by molar-refractivity contribution is -0.135. The van der Waals surface area contributed by atoms with E-state index in [1.54, 1.807) is 9.80 Å². The van der Waals surface area contributed by atoms with Gasteiger partial charge in [0.2, 0.25) is 23.7 Å². The van der Waals surface area contributed by atoms with Crippen molar-refractivity contribution in [3.8, 4) is 0 Å². The Hall–Kier alpha value is -4.80. The summed E-state index contributed by atoms with van der Waals surface area (Å²) in [4.78, 5) is 74.6. The van der Waals surface area contributed by atoms with Crippen LogP contribution in [-0.4, -0.2) is 99.9 Å². The molecule has 0 spiro atoms. The zero-order valence-electron chi connectivity index (χ0n) is 19.7. The van der Waals surface area contributed by atoms with Gasteiger partial charge in [0.05, 0.1) is 12.7 Å². The van der Waals surface area contributed by atoms with Gasteiger partial charge in [-0.15, -0.1) is 0 Å². The molecule has 5 rings (SSSR count). The van der Waals surface area contributed by atoms with E-state index >= 15 is 0 Å². The average Bonchev–Trinajstić information content (AvgIpc) is 3.46. The number of rotatable bonds is 4. The molecule has 2 amide bonds. The Morgan fingerprint density at radius 1 is 0.757 bits per heavy atom.